The third-order valence-corrected chi connectivity index (χ3v) is 1.30. The van der Waals surface area contributed by atoms with E-state index in [-0.39, 0.29) is 6.61 Å². The van der Waals surface area contributed by atoms with Gasteiger partial charge in [0.05, 0.1) is 12.9 Å². The van der Waals surface area contributed by atoms with E-state index in [1.54, 1.807) is 12.5 Å². The standard InChI is InChI=1S/C7H10N2O3/c10-7(11)4-12-2-1-6-3-8-5-9-6/h3,5H,1-2,4H2,(H,8,9)(H,10,11). The van der Waals surface area contributed by atoms with E-state index in [1.165, 1.54) is 0 Å². The highest BCUT2D eigenvalue weighted by Crippen LogP contribution is 1.92. The van der Waals surface area contributed by atoms with Crippen LogP contribution in [0.25, 0.3) is 0 Å². The summed E-state index contributed by atoms with van der Waals surface area (Å²) in [6.45, 7) is 0.155. The zero-order chi connectivity index (χ0) is 8.81. The molecule has 0 spiro atoms. The van der Waals surface area contributed by atoms with Crippen molar-refractivity contribution in [1.29, 1.82) is 0 Å². The van der Waals surface area contributed by atoms with Gasteiger partial charge in [-0.15, -0.1) is 0 Å². The molecule has 66 valence electrons. The molecule has 5 nitrogen and oxygen atoms in total. The van der Waals surface area contributed by atoms with E-state index in [0.717, 1.165) is 5.69 Å². The number of nitrogens with one attached hydrogen (secondary N) is 1. The SMILES string of the molecule is O=C(O)COCCc1cnc[nH]1. The Bertz CT molecular complexity index is 233. The number of H-pyrrole nitrogens is 1. The number of hydrogen-bond acceptors (Lipinski definition) is 3. The smallest absolute Gasteiger partial charge is 0.329 e. The minimum atomic E-state index is -0.945. The predicted molar refractivity (Wildman–Crippen MR) is 40.7 cm³/mol. The molecule has 0 radical (unpaired) electrons. The van der Waals surface area contributed by atoms with Crippen molar-refractivity contribution in [3.8, 4) is 0 Å². The first kappa shape index (κ1) is 8.73. The summed E-state index contributed by atoms with van der Waals surface area (Å²) in [4.78, 5) is 16.7. The van der Waals surface area contributed by atoms with Crippen LogP contribution in [0.4, 0.5) is 0 Å². The third kappa shape index (κ3) is 3.16. The minimum absolute atomic E-state index is 0.242. The van der Waals surface area contributed by atoms with Gasteiger partial charge in [0.2, 0.25) is 0 Å². The van der Waals surface area contributed by atoms with Crippen LogP contribution in [0.15, 0.2) is 12.5 Å². The molecule has 0 unspecified atom stereocenters. The van der Waals surface area contributed by atoms with E-state index >= 15 is 0 Å². The molecule has 0 aliphatic heterocycles. The Kier molecular flexibility index (Phi) is 3.28. The molecule has 5 heteroatoms. The van der Waals surface area contributed by atoms with Crippen LogP contribution in [-0.4, -0.2) is 34.3 Å². The first-order chi connectivity index (χ1) is 5.79. The fraction of sp³-hybridized carbons (Fsp3) is 0.429. The molecule has 1 aromatic heterocycles. The van der Waals surface area contributed by atoms with Gasteiger partial charge in [0.1, 0.15) is 6.61 Å². The quantitative estimate of drug-likeness (QED) is 0.612. The maximum Gasteiger partial charge on any atom is 0.329 e. The molecule has 0 saturated carbocycles. The number of carbonyl (C=O) groups is 1. The van der Waals surface area contributed by atoms with Crippen LogP contribution < -0.4 is 0 Å². The fourth-order valence-corrected chi connectivity index (χ4v) is 0.763. The van der Waals surface area contributed by atoms with Crippen LogP contribution >= 0.6 is 0 Å². The number of ether oxygens (including phenoxy) is 1. The number of hydrogen-bond donors (Lipinski definition) is 2. The van der Waals surface area contributed by atoms with Crippen LogP contribution in [0.5, 0.6) is 0 Å². The highest BCUT2D eigenvalue weighted by atomic mass is 16.5. The molecule has 0 bridgehead atoms. The summed E-state index contributed by atoms with van der Waals surface area (Å²) in [7, 11) is 0. The Hall–Kier alpha value is -1.36. The zero-order valence-electron chi connectivity index (χ0n) is 6.49. The molecule has 2 N–H and O–H groups in total. The zero-order valence-corrected chi connectivity index (χ0v) is 6.49. The van der Waals surface area contributed by atoms with Crippen LogP contribution in [0, 0.1) is 0 Å². The maximum absolute atomic E-state index is 10.0. The van der Waals surface area contributed by atoms with Gasteiger partial charge >= 0.3 is 5.97 Å². The number of aromatic amines is 1. The largest absolute Gasteiger partial charge is 0.480 e. The molecule has 1 heterocycles. The van der Waals surface area contributed by atoms with Crippen molar-refractivity contribution in [2.75, 3.05) is 13.2 Å². The van der Waals surface area contributed by atoms with Crippen molar-refractivity contribution in [1.82, 2.24) is 9.97 Å². The highest BCUT2D eigenvalue weighted by molar-refractivity contribution is 5.67. The monoisotopic (exact) mass is 170 g/mol. The normalized spacial score (nSPS) is 10.0. The Labute approximate surface area is 69.4 Å². The van der Waals surface area contributed by atoms with Crippen molar-refractivity contribution in [3.63, 3.8) is 0 Å². The lowest BCUT2D eigenvalue weighted by molar-refractivity contribution is -0.142. The predicted octanol–water partition coefficient (Wildman–Crippen LogP) is 0.0534. The van der Waals surface area contributed by atoms with Gasteiger partial charge in [-0.3, -0.25) is 0 Å². The van der Waals surface area contributed by atoms with E-state index in [4.69, 9.17) is 9.84 Å². The molecule has 0 aromatic carbocycles. The maximum atomic E-state index is 10.0. The lowest BCUT2D eigenvalue weighted by atomic mass is 10.3. The number of nitrogens with zero attached hydrogens (tertiary/aromatic N) is 1. The van der Waals surface area contributed by atoms with E-state index in [9.17, 15) is 4.79 Å². The minimum Gasteiger partial charge on any atom is -0.480 e. The van der Waals surface area contributed by atoms with Crippen LogP contribution in [0.2, 0.25) is 0 Å². The first-order valence-electron chi connectivity index (χ1n) is 3.56. The number of aliphatic carboxylic acids is 1. The average Bonchev–Trinajstić information content (AvgIpc) is 2.49. The van der Waals surface area contributed by atoms with Crippen molar-refractivity contribution >= 4 is 5.97 Å². The van der Waals surface area contributed by atoms with Crippen molar-refractivity contribution in [2.24, 2.45) is 0 Å². The van der Waals surface area contributed by atoms with Crippen LogP contribution in [0.3, 0.4) is 0 Å². The first-order valence-corrected chi connectivity index (χ1v) is 3.56. The topological polar surface area (TPSA) is 75.2 Å². The van der Waals surface area contributed by atoms with E-state index in [2.05, 4.69) is 9.97 Å². The van der Waals surface area contributed by atoms with Gasteiger partial charge < -0.3 is 14.8 Å². The van der Waals surface area contributed by atoms with E-state index in [1.807, 2.05) is 0 Å². The summed E-state index contributed by atoms with van der Waals surface area (Å²) in [6.07, 6.45) is 3.92. The Balaban J connectivity index is 2.07. The number of imidazole rings is 1. The molecule has 0 aliphatic rings. The molecule has 0 amide bonds. The summed E-state index contributed by atoms with van der Waals surface area (Å²) < 4.78 is 4.82. The fourth-order valence-electron chi connectivity index (χ4n) is 0.763. The lowest BCUT2D eigenvalue weighted by Crippen LogP contribution is -2.09. The molecular weight excluding hydrogens is 160 g/mol. The van der Waals surface area contributed by atoms with Gasteiger partial charge in [-0.1, -0.05) is 0 Å². The van der Waals surface area contributed by atoms with Crippen LogP contribution in [-0.2, 0) is 16.0 Å². The lowest BCUT2D eigenvalue weighted by Gasteiger charge is -1.97. The van der Waals surface area contributed by atoms with Gasteiger partial charge in [0, 0.05) is 18.3 Å². The summed E-state index contributed by atoms with van der Waals surface area (Å²) in [5.41, 5.74) is 0.945. The van der Waals surface area contributed by atoms with Gasteiger partial charge in [-0.25, -0.2) is 9.78 Å². The van der Waals surface area contributed by atoms with E-state index < -0.39 is 5.97 Å². The molecule has 1 rings (SSSR count). The summed E-state index contributed by atoms with van der Waals surface area (Å²) in [5, 5.41) is 8.23. The molecular formula is C7H10N2O3. The number of carboxylic acid groups (broad SMARTS) is 1. The van der Waals surface area contributed by atoms with Crippen LogP contribution in [0.1, 0.15) is 5.69 Å². The summed E-state index contributed by atoms with van der Waals surface area (Å²) in [6, 6.07) is 0. The highest BCUT2D eigenvalue weighted by Gasteiger charge is 1.97. The number of aromatic nitrogens is 2. The Morgan fingerprint density at radius 1 is 1.75 bits per heavy atom. The molecule has 0 atom stereocenters. The van der Waals surface area contributed by atoms with Gasteiger partial charge in [-0.2, -0.15) is 0 Å². The molecule has 12 heavy (non-hydrogen) atoms. The third-order valence-electron chi connectivity index (χ3n) is 1.30. The number of rotatable bonds is 5. The Morgan fingerprint density at radius 2 is 2.58 bits per heavy atom. The van der Waals surface area contributed by atoms with Gasteiger partial charge in [-0.05, 0) is 0 Å². The summed E-state index contributed by atoms with van der Waals surface area (Å²) in [5.74, 6) is -0.945. The van der Waals surface area contributed by atoms with Crippen molar-refractivity contribution < 1.29 is 14.6 Å². The summed E-state index contributed by atoms with van der Waals surface area (Å²) >= 11 is 0. The van der Waals surface area contributed by atoms with Gasteiger partial charge in [0.25, 0.3) is 0 Å². The second-order valence-electron chi connectivity index (χ2n) is 2.27. The second-order valence-corrected chi connectivity index (χ2v) is 2.27. The van der Waals surface area contributed by atoms with Crippen molar-refractivity contribution in [2.45, 2.75) is 6.42 Å². The molecule has 0 aliphatic carbocycles. The molecule has 0 fully saturated rings. The van der Waals surface area contributed by atoms with E-state index in [0.29, 0.717) is 13.0 Å². The second kappa shape index (κ2) is 4.50. The number of carboxylic acids is 1. The molecule has 0 saturated heterocycles. The van der Waals surface area contributed by atoms with Crippen molar-refractivity contribution in [3.05, 3.63) is 18.2 Å². The Morgan fingerprint density at radius 3 is 3.17 bits per heavy atom. The average molecular weight is 170 g/mol. The van der Waals surface area contributed by atoms with Gasteiger partial charge in [0.15, 0.2) is 0 Å². The molecule has 1 aromatic rings.